The van der Waals surface area contributed by atoms with Crippen LogP contribution in [-0.4, -0.2) is 15.9 Å². The quantitative estimate of drug-likeness (QED) is 0.772. The summed E-state index contributed by atoms with van der Waals surface area (Å²) in [5.41, 5.74) is 2.32. The second kappa shape index (κ2) is 7.23. The molecule has 120 valence electrons. The molecule has 3 aromatic rings. The lowest BCUT2D eigenvalue weighted by Crippen LogP contribution is -2.26. The van der Waals surface area contributed by atoms with Crippen LogP contribution < -0.4 is 5.32 Å². The van der Waals surface area contributed by atoms with Gasteiger partial charge >= 0.3 is 0 Å². The van der Waals surface area contributed by atoms with Crippen LogP contribution in [0.25, 0.3) is 11.4 Å². The Morgan fingerprint density at radius 2 is 1.62 bits per heavy atom. The van der Waals surface area contributed by atoms with Crippen LogP contribution in [0.3, 0.4) is 0 Å². The van der Waals surface area contributed by atoms with E-state index in [1.807, 2.05) is 49.4 Å². The molecule has 0 radical (unpaired) electrons. The largest absolute Gasteiger partial charge is 0.345 e. The summed E-state index contributed by atoms with van der Waals surface area (Å²) in [6.07, 6.45) is 3.08. The average molecular weight is 338 g/mol. The molecule has 0 aliphatic carbocycles. The molecule has 5 heteroatoms. The van der Waals surface area contributed by atoms with E-state index in [-0.39, 0.29) is 11.9 Å². The molecule has 0 saturated heterocycles. The van der Waals surface area contributed by atoms with E-state index in [1.165, 1.54) is 0 Å². The molecule has 0 fully saturated rings. The van der Waals surface area contributed by atoms with Gasteiger partial charge in [0.25, 0.3) is 5.91 Å². The molecular formula is C19H16ClN3O. The number of nitrogens with one attached hydrogen (secondary N) is 1. The van der Waals surface area contributed by atoms with Crippen molar-refractivity contribution >= 4 is 17.5 Å². The third-order valence-electron chi connectivity index (χ3n) is 3.66. The Morgan fingerprint density at radius 3 is 2.25 bits per heavy atom. The van der Waals surface area contributed by atoms with Gasteiger partial charge in [-0.05, 0) is 24.6 Å². The van der Waals surface area contributed by atoms with E-state index in [0.29, 0.717) is 16.4 Å². The average Bonchev–Trinajstić information content (AvgIpc) is 2.63. The van der Waals surface area contributed by atoms with E-state index in [4.69, 9.17) is 11.6 Å². The van der Waals surface area contributed by atoms with Gasteiger partial charge in [-0.25, -0.2) is 9.97 Å². The van der Waals surface area contributed by atoms with Crippen LogP contribution in [0, 0.1) is 0 Å². The zero-order valence-electron chi connectivity index (χ0n) is 13.1. The molecule has 1 N–H and O–H groups in total. The van der Waals surface area contributed by atoms with Gasteiger partial charge in [-0.2, -0.15) is 0 Å². The van der Waals surface area contributed by atoms with Crippen molar-refractivity contribution in [1.29, 1.82) is 0 Å². The zero-order chi connectivity index (χ0) is 16.9. The van der Waals surface area contributed by atoms with E-state index < -0.39 is 0 Å². The van der Waals surface area contributed by atoms with E-state index in [0.717, 1.165) is 11.1 Å². The normalized spacial score (nSPS) is 11.8. The molecule has 24 heavy (non-hydrogen) atoms. The number of carbonyl (C=O) groups is 1. The summed E-state index contributed by atoms with van der Waals surface area (Å²) < 4.78 is 0. The fraction of sp³-hybridized carbons (Fsp3) is 0.105. The topological polar surface area (TPSA) is 54.9 Å². The fourth-order valence-corrected chi connectivity index (χ4v) is 2.42. The molecule has 0 aliphatic heterocycles. The second-order valence-corrected chi connectivity index (χ2v) is 5.84. The minimum Gasteiger partial charge on any atom is -0.345 e. The number of aromatic nitrogens is 2. The van der Waals surface area contributed by atoms with Crippen LogP contribution in [0.4, 0.5) is 0 Å². The number of halogens is 1. The van der Waals surface area contributed by atoms with Crippen LogP contribution in [-0.2, 0) is 0 Å². The first kappa shape index (κ1) is 16.1. The van der Waals surface area contributed by atoms with Crippen LogP contribution in [0.1, 0.15) is 28.9 Å². The fourth-order valence-electron chi connectivity index (χ4n) is 2.30. The Morgan fingerprint density at radius 1 is 1.00 bits per heavy atom. The molecule has 1 amide bonds. The third-order valence-corrected chi connectivity index (χ3v) is 3.92. The lowest BCUT2D eigenvalue weighted by molar-refractivity contribution is 0.0939. The zero-order valence-corrected chi connectivity index (χ0v) is 13.9. The third kappa shape index (κ3) is 3.78. The molecule has 1 heterocycles. The Kier molecular flexibility index (Phi) is 4.87. The SMILES string of the molecule is CC(NC(=O)c1cnc(-c2ccccc2)nc1)c1ccc(Cl)cc1. The lowest BCUT2D eigenvalue weighted by Gasteiger charge is -2.14. The van der Waals surface area contributed by atoms with Gasteiger partial charge in [0.1, 0.15) is 0 Å². The first-order chi connectivity index (χ1) is 11.6. The standard InChI is InChI=1S/C19H16ClN3O/c1-13(14-7-9-17(20)10-8-14)23-19(24)16-11-21-18(22-12-16)15-5-3-2-4-6-15/h2-13H,1H3,(H,23,24). The minimum atomic E-state index is -0.211. The van der Waals surface area contributed by atoms with Crippen LogP contribution in [0.2, 0.25) is 5.02 Å². The molecule has 3 rings (SSSR count). The van der Waals surface area contributed by atoms with Crippen LogP contribution in [0.5, 0.6) is 0 Å². The van der Waals surface area contributed by atoms with Gasteiger partial charge < -0.3 is 5.32 Å². The monoisotopic (exact) mass is 337 g/mol. The number of rotatable bonds is 4. The molecule has 0 bridgehead atoms. The van der Waals surface area contributed by atoms with Crippen molar-refractivity contribution in [2.24, 2.45) is 0 Å². The van der Waals surface area contributed by atoms with Crippen molar-refractivity contribution < 1.29 is 4.79 Å². The van der Waals surface area contributed by atoms with E-state index in [9.17, 15) is 4.79 Å². The summed E-state index contributed by atoms with van der Waals surface area (Å²) in [7, 11) is 0. The number of hydrogen-bond donors (Lipinski definition) is 1. The summed E-state index contributed by atoms with van der Waals surface area (Å²) in [6, 6.07) is 16.9. The van der Waals surface area contributed by atoms with E-state index in [2.05, 4.69) is 15.3 Å². The van der Waals surface area contributed by atoms with Crippen molar-refractivity contribution in [3.8, 4) is 11.4 Å². The summed E-state index contributed by atoms with van der Waals surface area (Å²) in [4.78, 5) is 20.9. The number of hydrogen-bond acceptors (Lipinski definition) is 3. The van der Waals surface area contributed by atoms with Gasteiger partial charge in [0.15, 0.2) is 5.82 Å². The van der Waals surface area contributed by atoms with Gasteiger partial charge in [0.2, 0.25) is 0 Å². The maximum atomic E-state index is 12.3. The lowest BCUT2D eigenvalue weighted by atomic mass is 10.1. The molecule has 4 nitrogen and oxygen atoms in total. The molecule has 0 spiro atoms. The number of benzene rings is 2. The predicted molar refractivity (Wildman–Crippen MR) is 94.8 cm³/mol. The molecule has 2 aromatic carbocycles. The highest BCUT2D eigenvalue weighted by atomic mass is 35.5. The number of nitrogens with zero attached hydrogens (tertiary/aromatic N) is 2. The Labute approximate surface area is 145 Å². The summed E-state index contributed by atoms with van der Waals surface area (Å²) >= 11 is 5.88. The Bertz CT molecular complexity index is 817. The van der Waals surface area contributed by atoms with Gasteiger partial charge in [0, 0.05) is 23.0 Å². The first-order valence-corrected chi connectivity index (χ1v) is 7.95. The molecule has 1 unspecified atom stereocenters. The van der Waals surface area contributed by atoms with Crippen LogP contribution >= 0.6 is 11.6 Å². The minimum absolute atomic E-state index is 0.136. The highest BCUT2D eigenvalue weighted by Crippen LogP contribution is 2.17. The van der Waals surface area contributed by atoms with Gasteiger partial charge in [0.05, 0.1) is 11.6 Å². The number of amides is 1. The van der Waals surface area contributed by atoms with E-state index in [1.54, 1.807) is 24.5 Å². The van der Waals surface area contributed by atoms with Gasteiger partial charge in [-0.1, -0.05) is 54.1 Å². The molecule has 1 atom stereocenters. The first-order valence-electron chi connectivity index (χ1n) is 7.57. The molecule has 0 aliphatic rings. The van der Waals surface area contributed by atoms with Crippen molar-refractivity contribution in [2.45, 2.75) is 13.0 Å². The summed E-state index contributed by atoms with van der Waals surface area (Å²) in [5, 5.41) is 3.60. The Hall–Kier alpha value is -2.72. The smallest absolute Gasteiger partial charge is 0.254 e. The maximum Gasteiger partial charge on any atom is 0.254 e. The van der Waals surface area contributed by atoms with Crippen LogP contribution in [0.15, 0.2) is 67.0 Å². The highest BCUT2D eigenvalue weighted by Gasteiger charge is 2.12. The summed E-state index contributed by atoms with van der Waals surface area (Å²) in [6.45, 7) is 1.92. The highest BCUT2D eigenvalue weighted by molar-refractivity contribution is 6.30. The van der Waals surface area contributed by atoms with Crippen molar-refractivity contribution in [2.75, 3.05) is 0 Å². The maximum absolute atomic E-state index is 12.3. The Balaban J connectivity index is 1.70. The molecule has 0 saturated carbocycles. The molecular weight excluding hydrogens is 322 g/mol. The predicted octanol–water partition coefficient (Wildman–Crippen LogP) is 4.29. The molecule has 1 aromatic heterocycles. The second-order valence-electron chi connectivity index (χ2n) is 5.41. The number of carbonyl (C=O) groups excluding carboxylic acids is 1. The van der Waals surface area contributed by atoms with Crippen molar-refractivity contribution in [1.82, 2.24) is 15.3 Å². The van der Waals surface area contributed by atoms with Gasteiger partial charge in [-0.3, -0.25) is 4.79 Å². The van der Waals surface area contributed by atoms with Crippen molar-refractivity contribution in [3.63, 3.8) is 0 Å². The van der Waals surface area contributed by atoms with Crippen molar-refractivity contribution in [3.05, 3.63) is 83.1 Å². The van der Waals surface area contributed by atoms with E-state index >= 15 is 0 Å². The van der Waals surface area contributed by atoms with Gasteiger partial charge in [-0.15, -0.1) is 0 Å². The summed E-state index contributed by atoms with van der Waals surface area (Å²) in [5.74, 6) is 0.384.